The number of carboxylic acids is 1. The lowest BCUT2D eigenvalue weighted by molar-refractivity contribution is -0.384. The van der Waals surface area contributed by atoms with Gasteiger partial charge in [-0.2, -0.15) is 0 Å². The van der Waals surface area contributed by atoms with Crippen LogP contribution >= 0.6 is 0 Å². The second-order valence-corrected chi connectivity index (χ2v) is 4.68. The molecule has 1 rings (SSSR count). The minimum Gasteiger partial charge on any atom is -0.480 e. The highest BCUT2D eigenvalue weighted by molar-refractivity contribution is 5.97. The van der Waals surface area contributed by atoms with E-state index >= 15 is 0 Å². The maximum Gasteiger partial charge on any atom is 0.323 e. The van der Waals surface area contributed by atoms with E-state index in [0.717, 1.165) is 0 Å². The molecule has 0 spiro atoms. The summed E-state index contributed by atoms with van der Waals surface area (Å²) in [4.78, 5) is 34.4. The Morgan fingerprint density at radius 1 is 1.40 bits per heavy atom. The summed E-state index contributed by atoms with van der Waals surface area (Å²) in [5.41, 5.74) is 0.610. The van der Waals surface area contributed by atoms with Crippen LogP contribution in [0, 0.1) is 17.0 Å². The highest BCUT2D eigenvalue weighted by Crippen LogP contribution is 2.19. The fourth-order valence-corrected chi connectivity index (χ4v) is 1.79. The van der Waals surface area contributed by atoms with Crippen LogP contribution in [0.15, 0.2) is 18.2 Å². The maximum atomic E-state index is 12.3. The number of nitro benzene ring substituents is 1. The molecule has 0 atom stereocenters. The standard InChI is InChI=1S/C13H16N2O5/c1-8(2)14(7-12(16)17)13(18)11-5-4-10(15(19)20)6-9(11)3/h4-6,8H,7H2,1-3H3,(H,16,17). The minimum absolute atomic E-state index is 0.103. The molecule has 0 unspecified atom stereocenters. The number of aliphatic carboxylic acids is 1. The SMILES string of the molecule is Cc1cc([N+](=O)[O-])ccc1C(=O)N(CC(=O)O)C(C)C. The Morgan fingerprint density at radius 2 is 2.00 bits per heavy atom. The lowest BCUT2D eigenvalue weighted by atomic mass is 10.1. The van der Waals surface area contributed by atoms with Gasteiger partial charge in [0.25, 0.3) is 11.6 Å². The number of hydrogen-bond acceptors (Lipinski definition) is 4. The molecular weight excluding hydrogens is 264 g/mol. The zero-order chi connectivity index (χ0) is 15.4. The fraction of sp³-hybridized carbons (Fsp3) is 0.385. The van der Waals surface area contributed by atoms with Crippen LogP contribution < -0.4 is 0 Å². The molecule has 7 nitrogen and oxygen atoms in total. The van der Waals surface area contributed by atoms with Gasteiger partial charge in [-0.1, -0.05) is 0 Å². The largest absolute Gasteiger partial charge is 0.480 e. The van der Waals surface area contributed by atoms with Crippen LogP contribution in [-0.2, 0) is 4.79 Å². The number of carboxylic acid groups (broad SMARTS) is 1. The van der Waals surface area contributed by atoms with Crippen molar-refractivity contribution in [1.29, 1.82) is 0 Å². The van der Waals surface area contributed by atoms with Gasteiger partial charge in [0.2, 0.25) is 0 Å². The van der Waals surface area contributed by atoms with Gasteiger partial charge in [-0.05, 0) is 32.4 Å². The van der Waals surface area contributed by atoms with E-state index in [9.17, 15) is 19.7 Å². The number of nitrogens with zero attached hydrogens (tertiary/aromatic N) is 2. The Hall–Kier alpha value is -2.44. The molecule has 0 aliphatic rings. The van der Waals surface area contributed by atoms with Gasteiger partial charge in [-0.25, -0.2) is 0 Å². The molecular formula is C13H16N2O5. The number of hydrogen-bond donors (Lipinski definition) is 1. The van der Waals surface area contributed by atoms with Crippen LogP contribution in [-0.4, -0.2) is 39.4 Å². The number of benzene rings is 1. The van der Waals surface area contributed by atoms with E-state index in [1.807, 2.05) is 0 Å². The summed E-state index contributed by atoms with van der Waals surface area (Å²) < 4.78 is 0. The molecule has 0 aliphatic heterocycles. The molecule has 0 aliphatic carbocycles. The van der Waals surface area contributed by atoms with E-state index in [1.165, 1.54) is 23.1 Å². The van der Waals surface area contributed by atoms with E-state index in [-0.39, 0.29) is 17.3 Å². The zero-order valence-corrected chi connectivity index (χ0v) is 11.5. The van der Waals surface area contributed by atoms with Crippen molar-refractivity contribution < 1.29 is 19.6 Å². The van der Waals surface area contributed by atoms with E-state index in [1.54, 1.807) is 20.8 Å². The summed E-state index contributed by atoms with van der Waals surface area (Å²) in [6.07, 6.45) is 0. The van der Waals surface area contributed by atoms with Crippen molar-refractivity contribution in [2.75, 3.05) is 6.54 Å². The second-order valence-electron chi connectivity index (χ2n) is 4.68. The van der Waals surface area contributed by atoms with Gasteiger partial charge in [0.05, 0.1) is 4.92 Å². The van der Waals surface area contributed by atoms with Crippen molar-refractivity contribution in [2.45, 2.75) is 26.8 Å². The van der Waals surface area contributed by atoms with Gasteiger partial charge in [0, 0.05) is 23.7 Å². The normalized spacial score (nSPS) is 10.4. The number of aryl methyl sites for hydroxylation is 1. The summed E-state index contributed by atoms with van der Waals surface area (Å²) in [5.74, 6) is -1.55. The minimum atomic E-state index is -1.10. The third-order valence-corrected chi connectivity index (χ3v) is 2.84. The number of carbonyl (C=O) groups excluding carboxylic acids is 1. The van der Waals surface area contributed by atoms with Crippen LogP contribution in [0.1, 0.15) is 29.8 Å². The predicted octanol–water partition coefficient (Wildman–Crippen LogP) is 1.84. The van der Waals surface area contributed by atoms with Crippen molar-refractivity contribution in [3.63, 3.8) is 0 Å². The molecule has 0 bridgehead atoms. The van der Waals surface area contributed by atoms with Crippen LogP contribution in [0.25, 0.3) is 0 Å². The Morgan fingerprint density at radius 3 is 2.40 bits per heavy atom. The first kappa shape index (κ1) is 15.6. The topological polar surface area (TPSA) is 101 Å². The zero-order valence-electron chi connectivity index (χ0n) is 11.5. The molecule has 1 amide bonds. The van der Waals surface area contributed by atoms with E-state index < -0.39 is 23.3 Å². The summed E-state index contributed by atoms with van der Waals surface area (Å²) >= 11 is 0. The number of non-ortho nitro benzene ring substituents is 1. The first-order valence-electron chi connectivity index (χ1n) is 6.01. The molecule has 1 N–H and O–H groups in total. The van der Waals surface area contributed by atoms with E-state index in [4.69, 9.17) is 5.11 Å². The third-order valence-electron chi connectivity index (χ3n) is 2.84. The van der Waals surface area contributed by atoms with Gasteiger partial charge < -0.3 is 10.0 Å². The van der Waals surface area contributed by atoms with Gasteiger partial charge >= 0.3 is 5.97 Å². The van der Waals surface area contributed by atoms with Crippen LogP contribution in [0.2, 0.25) is 0 Å². The van der Waals surface area contributed by atoms with Crippen LogP contribution in [0.4, 0.5) is 5.69 Å². The number of carbonyl (C=O) groups is 2. The smallest absolute Gasteiger partial charge is 0.323 e. The maximum absolute atomic E-state index is 12.3. The lowest BCUT2D eigenvalue weighted by Gasteiger charge is -2.25. The van der Waals surface area contributed by atoms with Crippen molar-refractivity contribution in [3.05, 3.63) is 39.4 Å². The second kappa shape index (κ2) is 6.14. The molecule has 108 valence electrons. The van der Waals surface area contributed by atoms with Gasteiger partial charge in [0.15, 0.2) is 0 Å². The first-order chi connectivity index (χ1) is 9.23. The van der Waals surface area contributed by atoms with Crippen LogP contribution in [0.5, 0.6) is 0 Å². The Bertz CT molecular complexity index is 554. The Kier molecular flexibility index (Phi) is 4.79. The quantitative estimate of drug-likeness (QED) is 0.655. The van der Waals surface area contributed by atoms with Crippen LogP contribution in [0.3, 0.4) is 0 Å². The average Bonchev–Trinajstić information content (AvgIpc) is 2.34. The summed E-state index contributed by atoms with van der Waals surface area (Å²) in [6.45, 7) is 4.59. The molecule has 0 heterocycles. The molecule has 20 heavy (non-hydrogen) atoms. The molecule has 0 radical (unpaired) electrons. The van der Waals surface area contributed by atoms with Crippen molar-refractivity contribution >= 4 is 17.6 Å². The monoisotopic (exact) mass is 280 g/mol. The molecule has 7 heteroatoms. The average molecular weight is 280 g/mol. The number of amides is 1. The number of nitro groups is 1. The molecule has 0 saturated carbocycles. The Labute approximate surface area is 116 Å². The fourth-order valence-electron chi connectivity index (χ4n) is 1.79. The number of rotatable bonds is 5. The molecule has 0 saturated heterocycles. The van der Waals surface area contributed by atoms with Gasteiger partial charge in [0.1, 0.15) is 6.54 Å². The molecule has 1 aromatic carbocycles. The highest BCUT2D eigenvalue weighted by Gasteiger charge is 2.23. The van der Waals surface area contributed by atoms with Gasteiger partial charge in [-0.3, -0.25) is 19.7 Å². The van der Waals surface area contributed by atoms with Gasteiger partial charge in [-0.15, -0.1) is 0 Å². The highest BCUT2D eigenvalue weighted by atomic mass is 16.6. The predicted molar refractivity (Wildman–Crippen MR) is 71.6 cm³/mol. The van der Waals surface area contributed by atoms with Crippen molar-refractivity contribution in [3.8, 4) is 0 Å². The summed E-state index contributed by atoms with van der Waals surface area (Å²) in [7, 11) is 0. The van der Waals surface area contributed by atoms with Crippen molar-refractivity contribution in [1.82, 2.24) is 4.90 Å². The molecule has 0 fully saturated rings. The Balaban J connectivity index is 3.12. The van der Waals surface area contributed by atoms with E-state index in [0.29, 0.717) is 5.56 Å². The van der Waals surface area contributed by atoms with Crippen molar-refractivity contribution in [2.24, 2.45) is 0 Å². The molecule has 0 aromatic heterocycles. The molecule has 1 aromatic rings. The first-order valence-corrected chi connectivity index (χ1v) is 6.01. The third kappa shape index (κ3) is 3.53. The lowest BCUT2D eigenvalue weighted by Crippen LogP contribution is -2.40. The summed E-state index contributed by atoms with van der Waals surface area (Å²) in [5, 5.41) is 19.5. The summed E-state index contributed by atoms with van der Waals surface area (Å²) in [6, 6.07) is 3.60. The van der Waals surface area contributed by atoms with E-state index in [2.05, 4.69) is 0 Å².